The summed E-state index contributed by atoms with van der Waals surface area (Å²) >= 11 is 7.62. The summed E-state index contributed by atoms with van der Waals surface area (Å²) in [6, 6.07) is 5.44. The number of carbonyl (C=O) groups excluding carboxylic acids is 1. The van der Waals surface area contributed by atoms with Gasteiger partial charge in [-0.05, 0) is 52.9 Å². The van der Waals surface area contributed by atoms with Crippen LogP contribution < -0.4 is 5.32 Å². The molecule has 1 aliphatic heterocycles. The van der Waals surface area contributed by atoms with E-state index in [9.17, 15) is 4.79 Å². The SMILES string of the molecule is O=C(NCC1CCCOC1)c1cc(S)ccc1Br. The smallest absolute Gasteiger partial charge is 0.252 e. The predicted molar refractivity (Wildman–Crippen MR) is 77.3 cm³/mol. The number of hydrogen-bond donors (Lipinski definition) is 2. The summed E-state index contributed by atoms with van der Waals surface area (Å²) < 4.78 is 6.18. The Morgan fingerprint density at radius 1 is 1.56 bits per heavy atom. The minimum absolute atomic E-state index is 0.0663. The van der Waals surface area contributed by atoms with Gasteiger partial charge in [0, 0.05) is 22.5 Å². The number of benzene rings is 1. The molecule has 0 bridgehead atoms. The summed E-state index contributed by atoms with van der Waals surface area (Å²) in [7, 11) is 0. The minimum Gasteiger partial charge on any atom is -0.381 e. The molecule has 0 aliphatic carbocycles. The average molecular weight is 330 g/mol. The van der Waals surface area contributed by atoms with Crippen LogP contribution in [0.3, 0.4) is 0 Å². The topological polar surface area (TPSA) is 38.3 Å². The lowest BCUT2D eigenvalue weighted by Crippen LogP contribution is -2.33. The number of rotatable bonds is 3. The first kappa shape index (κ1) is 13.9. The third kappa shape index (κ3) is 3.73. The molecule has 1 atom stereocenters. The molecule has 0 spiro atoms. The average Bonchev–Trinajstić information content (AvgIpc) is 2.40. The van der Waals surface area contributed by atoms with Crippen LogP contribution in [0.1, 0.15) is 23.2 Å². The maximum absolute atomic E-state index is 12.0. The number of ether oxygens (including phenoxy) is 1. The van der Waals surface area contributed by atoms with Crippen molar-refractivity contribution in [1.29, 1.82) is 0 Å². The molecule has 18 heavy (non-hydrogen) atoms. The molecular weight excluding hydrogens is 314 g/mol. The van der Waals surface area contributed by atoms with E-state index in [0.29, 0.717) is 18.0 Å². The zero-order chi connectivity index (χ0) is 13.0. The van der Waals surface area contributed by atoms with Crippen molar-refractivity contribution in [2.45, 2.75) is 17.7 Å². The largest absolute Gasteiger partial charge is 0.381 e. The van der Waals surface area contributed by atoms with E-state index >= 15 is 0 Å². The van der Waals surface area contributed by atoms with Gasteiger partial charge in [0.15, 0.2) is 0 Å². The molecule has 0 aromatic heterocycles. The Hall–Kier alpha value is -0.520. The van der Waals surface area contributed by atoms with Gasteiger partial charge in [-0.2, -0.15) is 0 Å². The fourth-order valence-electron chi connectivity index (χ4n) is 1.99. The van der Waals surface area contributed by atoms with Crippen molar-refractivity contribution in [3.8, 4) is 0 Å². The van der Waals surface area contributed by atoms with E-state index in [-0.39, 0.29) is 5.91 Å². The van der Waals surface area contributed by atoms with Crippen molar-refractivity contribution < 1.29 is 9.53 Å². The van der Waals surface area contributed by atoms with E-state index in [1.807, 2.05) is 12.1 Å². The lowest BCUT2D eigenvalue weighted by Gasteiger charge is -2.22. The second-order valence-electron chi connectivity index (χ2n) is 4.46. The minimum atomic E-state index is -0.0663. The Balaban J connectivity index is 1.92. The summed E-state index contributed by atoms with van der Waals surface area (Å²) in [4.78, 5) is 12.8. The Morgan fingerprint density at radius 2 is 2.39 bits per heavy atom. The van der Waals surface area contributed by atoms with Gasteiger partial charge in [0.05, 0.1) is 12.2 Å². The van der Waals surface area contributed by atoms with Gasteiger partial charge in [-0.15, -0.1) is 12.6 Å². The van der Waals surface area contributed by atoms with Gasteiger partial charge < -0.3 is 10.1 Å². The van der Waals surface area contributed by atoms with Crippen molar-refractivity contribution >= 4 is 34.5 Å². The van der Waals surface area contributed by atoms with Crippen LogP contribution in [-0.2, 0) is 4.74 Å². The van der Waals surface area contributed by atoms with Crippen LogP contribution in [0, 0.1) is 5.92 Å². The van der Waals surface area contributed by atoms with Gasteiger partial charge in [-0.1, -0.05) is 0 Å². The van der Waals surface area contributed by atoms with Gasteiger partial charge in [0.1, 0.15) is 0 Å². The maximum atomic E-state index is 12.0. The first-order valence-corrected chi connectivity index (χ1v) is 7.25. The molecule has 1 aromatic rings. The number of thiol groups is 1. The lowest BCUT2D eigenvalue weighted by atomic mass is 10.0. The van der Waals surface area contributed by atoms with Crippen LogP contribution in [0.2, 0.25) is 0 Å². The Bertz CT molecular complexity index is 433. The molecule has 0 radical (unpaired) electrons. The van der Waals surface area contributed by atoms with Crippen molar-refractivity contribution in [3.05, 3.63) is 28.2 Å². The van der Waals surface area contributed by atoms with Crippen LogP contribution in [0.5, 0.6) is 0 Å². The number of amides is 1. The van der Waals surface area contributed by atoms with Crippen molar-refractivity contribution in [1.82, 2.24) is 5.32 Å². The predicted octanol–water partition coefficient (Wildman–Crippen LogP) is 2.89. The normalized spacial score (nSPS) is 19.6. The third-order valence-corrected chi connectivity index (χ3v) is 3.97. The number of hydrogen-bond acceptors (Lipinski definition) is 3. The molecule has 2 rings (SSSR count). The number of halogens is 1. The number of carbonyl (C=O) groups is 1. The first-order valence-electron chi connectivity index (χ1n) is 6.01. The van der Waals surface area contributed by atoms with Gasteiger partial charge >= 0.3 is 0 Å². The van der Waals surface area contributed by atoms with Crippen LogP contribution in [-0.4, -0.2) is 25.7 Å². The summed E-state index contributed by atoms with van der Waals surface area (Å²) in [5.41, 5.74) is 0.624. The molecule has 0 saturated carbocycles. The molecule has 1 aromatic carbocycles. The second-order valence-corrected chi connectivity index (χ2v) is 5.83. The Kier molecular flexibility index (Phi) is 5.09. The summed E-state index contributed by atoms with van der Waals surface area (Å²) in [5.74, 6) is 0.365. The van der Waals surface area contributed by atoms with Gasteiger partial charge in [0.25, 0.3) is 5.91 Å². The molecule has 1 fully saturated rings. The molecule has 1 N–H and O–H groups in total. The highest BCUT2D eigenvalue weighted by Gasteiger charge is 2.16. The van der Waals surface area contributed by atoms with Gasteiger partial charge in [-0.25, -0.2) is 0 Å². The van der Waals surface area contributed by atoms with Crippen molar-refractivity contribution in [2.75, 3.05) is 19.8 Å². The monoisotopic (exact) mass is 329 g/mol. The highest BCUT2D eigenvalue weighted by molar-refractivity contribution is 9.10. The quantitative estimate of drug-likeness (QED) is 0.837. The number of nitrogens with one attached hydrogen (secondary N) is 1. The first-order chi connectivity index (χ1) is 8.66. The van der Waals surface area contributed by atoms with E-state index in [1.54, 1.807) is 6.07 Å². The molecule has 98 valence electrons. The molecule has 1 amide bonds. The summed E-state index contributed by atoms with van der Waals surface area (Å²) in [6.07, 6.45) is 2.20. The van der Waals surface area contributed by atoms with E-state index in [2.05, 4.69) is 33.9 Å². The van der Waals surface area contributed by atoms with Crippen LogP contribution >= 0.6 is 28.6 Å². The lowest BCUT2D eigenvalue weighted by molar-refractivity contribution is 0.0536. The highest BCUT2D eigenvalue weighted by atomic mass is 79.9. The molecular formula is C13H16BrNO2S. The maximum Gasteiger partial charge on any atom is 0.252 e. The van der Waals surface area contributed by atoms with E-state index in [4.69, 9.17) is 4.74 Å². The van der Waals surface area contributed by atoms with E-state index in [1.165, 1.54) is 0 Å². The van der Waals surface area contributed by atoms with Gasteiger partial charge in [0.2, 0.25) is 0 Å². The standard InChI is InChI=1S/C13H16BrNO2S/c14-12-4-3-10(18)6-11(12)13(16)15-7-9-2-1-5-17-8-9/h3-4,6,9,18H,1-2,5,7-8H2,(H,15,16). The van der Waals surface area contributed by atoms with Crippen LogP contribution in [0.25, 0.3) is 0 Å². The summed E-state index contributed by atoms with van der Waals surface area (Å²) in [6.45, 7) is 2.26. The van der Waals surface area contributed by atoms with Crippen molar-refractivity contribution in [3.63, 3.8) is 0 Å². The Labute approximate surface area is 121 Å². The van der Waals surface area contributed by atoms with Gasteiger partial charge in [-0.3, -0.25) is 4.79 Å². The summed E-state index contributed by atoms with van der Waals surface area (Å²) in [5, 5.41) is 2.95. The zero-order valence-corrected chi connectivity index (χ0v) is 12.5. The molecule has 1 saturated heterocycles. The second kappa shape index (κ2) is 6.59. The molecule has 1 aliphatic rings. The molecule has 1 unspecified atom stereocenters. The fraction of sp³-hybridized carbons (Fsp3) is 0.462. The van der Waals surface area contributed by atoms with E-state index < -0.39 is 0 Å². The molecule has 3 nitrogen and oxygen atoms in total. The van der Waals surface area contributed by atoms with Crippen LogP contribution in [0.4, 0.5) is 0 Å². The fourth-order valence-corrected chi connectivity index (χ4v) is 2.62. The molecule has 1 heterocycles. The highest BCUT2D eigenvalue weighted by Crippen LogP contribution is 2.20. The zero-order valence-electron chi connectivity index (χ0n) is 9.99. The van der Waals surface area contributed by atoms with Crippen molar-refractivity contribution in [2.24, 2.45) is 5.92 Å². The third-order valence-electron chi connectivity index (χ3n) is 3.00. The van der Waals surface area contributed by atoms with Crippen LogP contribution in [0.15, 0.2) is 27.6 Å². The van der Waals surface area contributed by atoms with E-state index in [0.717, 1.165) is 35.4 Å². The molecule has 5 heteroatoms. The Morgan fingerprint density at radius 3 is 3.11 bits per heavy atom.